The number of ether oxygens (including phenoxy) is 1. The number of rotatable bonds is 5. The minimum atomic E-state index is 0.0422. The molecule has 2 heterocycles. The number of carbonyl (C=O) groups is 2. The Morgan fingerprint density at radius 1 is 1.12 bits per heavy atom. The molecule has 1 aliphatic carbocycles. The monoisotopic (exact) mass is 350 g/mol. The second-order valence-corrected chi connectivity index (χ2v) is 8.52. The summed E-state index contributed by atoms with van der Waals surface area (Å²) in [5.41, 5.74) is 0.0422. The van der Waals surface area contributed by atoms with Gasteiger partial charge in [-0.1, -0.05) is 32.1 Å². The maximum atomic E-state index is 12.7. The van der Waals surface area contributed by atoms with Crippen molar-refractivity contribution in [2.75, 3.05) is 39.9 Å². The first-order valence-electron chi connectivity index (χ1n) is 10.1. The highest BCUT2D eigenvalue weighted by Crippen LogP contribution is 2.43. The summed E-state index contributed by atoms with van der Waals surface area (Å²) in [7, 11) is 1.74. The van der Waals surface area contributed by atoms with Crippen LogP contribution in [0.4, 0.5) is 0 Å². The Morgan fingerprint density at radius 2 is 1.84 bits per heavy atom. The van der Waals surface area contributed by atoms with Crippen molar-refractivity contribution >= 4 is 11.8 Å². The lowest BCUT2D eigenvalue weighted by molar-refractivity contribution is -0.136. The van der Waals surface area contributed by atoms with Gasteiger partial charge in [0.2, 0.25) is 11.8 Å². The van der Waals surface area contributed by atoms with E-state index in [2.05, 4.69) is 4.90 Å². The normalized spacial score (nSPS) is 30.4. The Balaban J connectivity index is 1.55. The number of methoxy groups -OCH3 is 1. The van der Waals surface area contributed by atoms with E-state index in [-0.39, 0.29) is 11.3 Å². The summed E-state index contributed by atoms with van der Waals surface area (Å²) in [5.74, 6) is 1.57. The molecular formula is C20H34N2O3. The van der Waals surface area contributed by atoms with Crippen LogP contribution in [0.5, 0.6) is 0 Å². The summed E-state index contributed by atoms with van der Waals surface area (Å²) in [4.78, 5) is 28.6. The van der Waals surface area contributed by atoms with Gasteiger partial charge >= 0.3 is 0 Å². The van der Waals surface area contributed by atoms with Crippen LogP contribution in [0.3, 0.4) is 0 Å². The average Bonchev–Trinajstić information content (AvgIpc) is 2.99. The van der Waals surface area contributed by atoms with Crippen LogP contribution in [0.1, 0.15) is 58.3 Å². The van der Waals surface area contributed by atoms with E-state index in [1.807, 2.05) is 4.90 Å². The second kappa shape index (κ2) is 8.07. The molecule has 0 unspecified atom stereocenters. The molecule has 1 saturated carbocycles. The summed E-state index contributed by atoms with van der Waals surface area (Å²) in [6.07, 6.45) is 9.36. The topological polar surface area (TPSA) is 49.9 Å². The van der Waals surface area contributed by atoms with Crippen molar-refractivity contribution in [3.8, 4) is 0 Å². The van der Waals surface area contributed by atoms with E-state index in [9.17, 15) is 9.59 Å². The van der Waals surface area contributed by atoms with Crippen LogP contribution in [0.25, 0.3) is 0 Å². The highest BCUT2D eigenvalue weighted by Gasteiger charge is 2.50. The Hall–Kier alpha value is -1.10. The van der Waals surface area contributed by atoms with E-state index in [4.69, 9.17) is 4.74 Å². The van der Waals surface area contributed by atoms with Crippen LogP contribution in [0.15, 0.2) is 0 Å². The molecule has 2 amide bonds. The first-order chi connectivity index (χ1) is 12.0. The quantitative estimate of drug-likeness (QED) is 0.766. The van der Waals surface area contributed by atoms with Gasteiger partial charge in [-0.05, 0) is 18.8 Å². The number of nitrogens with zero attached hydrogens (tertiary/aromatic N) is 2. The summed E-state index contributed by atoms with van der Waals surface area (Å²) in [6, 6.07) is 0. The Kier molecular flexibility index (Phi) is 6.03. The average molecular weight is 351 g/mol. The van der Waals surface area contributed by atoms with Gasteiger partial charge < -0.3 is 14.5 Å². The van der Waals surface area contributed by atoms with E-state index in [1.54, 1.807) is 14.0 Å². The molecule has 2 saturated heterocycles. The van der Waals surface area contributed by atoms with Crippen LogP contribution >= 0.6 is 0 Å². The van der Waals surface area contributed by atoms with Crippen LogP contribution in [0, 0.1) is 17.3 Å². The van der Waals surface area contributed by atoms with Crippen molar-refractivity contribution in [3.63, 3.8) is 0 Å². The van der Waals surface area contributed by atoms with Crippen LogP contribution in [-0.2, 0) is 14.3 Å². The molecule has 2 aliphatic heterocycles. The van der Waals surface area contributed by atoms with Gasteiger partial charge in [-0.15, -0.1) is 0 Å². The zero-order valence-corrected chi connectivity index (χ0v) is 16.0. The van der Waals surface area contributed by atoms with E-state index < -0.39 is 0 Å². The van der Waals surface area contributed by atoms with E-state index in [0.29, 0.717) is 24.9 Å². The molecule has 0 radical (unpaired) electrons. The number of likely N-dealkylation sites (tertiary alicyclic amines) is 2. The molecule has 3 rings (SSSR count). The third-order valence-corrected chi connectivity index (χ3v) is 6.85. The predicted octanol–water partition coefficient (Wildman–Crippen LogP) is 2.69. The van der Waals surface area contributed by atoms with Gasteiger partial charge in [0.15, 0.2) is 0 Å². The van der Waals surface area contributed by atoms with E-state index in [1.165, 1.54) is 32.1 Å². The van der Waals surface area contributed by atoms with Gasteiger partial charge in [0.1, 0.15) is 0 Å². The van der Waals surface area contributed by atoms with Crippen molar-refractivity contribution in [2.24, 2.45) is 17.3 Å². The van der Waals surface area contributed by atoms with Crippen molar-refractivity contribution in [1.29, 1.82) is 0 Å². The molecule has 0 aromatic heterocycles. The molecule has 0 N–H and O–H groups in total. The molecule has 5 nitrogen and oxygen atoms in total. The Labute approximate surface area is 152 Å². The molecule has 3 fully saturated rings. The van der Waals surface area contributed by atoms with Gasteiger partial charge in [-0.3, -0.25) is 9.59 Å². The van der Waals surface area contributed by atoms with Crippen LogP contribution in [0.2, 0.25) is 0 Å². The molecule has 2 atom stereocenters. The lowest BCUT2D eigenvalue weighted by Crippen LogP contribution is -2.50. The highest BCUT2D eigenvalue weighted by atomic mass is 16.5. The molecule has 25 heavy (non-hydrogen) atoms. The Morgan fingerprint density at radius 3 is 2.52 bits per heavy atom. The smallest absolute Gasteiger partial charge is 0.222 e. The number of amides is 2. The maximum absolute atomic E-state index is 12.7. The molecule has 0 bridgehead atoms. The van der Waals surface area contributed by atoms with Gasteiger partial charge in [0.25, 0.3) is 0 Å². The molecule has 5 heteroatoms. The third-order valence-electron chi connectivity index (χ3n) is 6.85. The zero-order chi connectivity index (χ0) is 17.9. The molecule has 0 aromatic carbocycles. The lowest BCUT2D eigenvalue weighted by Gasteiger charge is -2.43. The molecular weight excluding hydrogens is 316 g/mol. The van der Waals surface area contributed by atoms with Crippen LogP contribution in [-0.4, -0.2) is 61.5 Å². The first-order valence-corrected chi connectivity index (χ1v) is 10.1. The standard InChI is InChI=1S/C20H34N2O3/c1-16(23)22-13-18-12-21(11-10-20(18,14-22)15-25-2)19(24)9-8-17-6-4-3-5-7-17/h17-18H,3-15H2,1-2H3/t18-,20+/m1/s1. The van der Waals surface area contributed by atoms with Crippen molar-refractivity contribution in [3.05, 3.63) is 0 Å². The van der Waals surface area contributed by atoms with E-state index >= 15 is 0 Å². The fourth-order valence-corrected chi connectivity index (χ4v) is 5.23. The predicted molar refractivity (Wildman–Crippen MR) is 97.1 cm³/mol. The van der Waals surface area contributed by atoms with Gasteiger partial charge in [0, 0.05) is 58.0 Å². The Bertz CT molecular complexity index is 489. The van der Waals surface area contributed by atoms with Gasteiger partial charge in [-0.25, -0.2) is 0 Å². The number of carbonyl (C=O) groups excluding carboxylic acids is 2. The number of hydrogen-bond donors (Lipinski definition) is 0. The van der Waals surface area contributed by atoms with E-state index in [0.717, 1.165) is 44.9 Å². The maximum Gasteiger partial charge on any atom is 0.222 e. The minimum Gasteiger partial charge on any atom is -0.384 e. The van der Waals surface area contributed by atoms with Crippen LogP contribution < -0.4 is 0 Å². The summed E-state index contributed by atoms with van der Waals surface area (Å²) in [5, 5.41) is 0. The van der Waals surface area contributed by atoms with Crippen molar-refractivity contribution < 1.29 is 14.3 Å². The molecule has 142 valence electrons. The summed E-state index contributed by atoms with van der Waals surface area (Å²) < 4.78 is 5.50. The largest absolute Gasteiger partial charge is 0.384 e. The molecule has 0 aromatic rings. The number of piperidine rings is 1. The number of hydrogen-bond acceptors (Lipinski definition) is 3. The van der Waals surface area contributed by atoms with Gasteiger partial charge in [0.05, 0.1) is 6.61 Å². The lowest BCUT2D eigenvalue weighted by atomic mass is 9.73. The second-order valence-electron chi connectivity index (χ2n) is 8.52. The minimum absolute atomic E-state index is 0.0422. The SMILES string of the molecule is COC[C@@]12CCN(C(=O)CCC3CCCCC3)C[C@@H]1CN(C(C)=O)C2. The van der Waals surface area contributed by atoms with Crippen molar-refractivity contribution in [2.45, 2.75) is 58.3 Å². The van der Waals surface area contributed by atoms with Crippen molar-refractivity contribution in [1.82, 2.24) is 9.80 Å². The molecule has 0 spiro atoms. The fraction of sp³-hybridized carbons (Fsp3) is 0.900. The summed E-state index contributed by atoms with van der Waals surface area (Å²) >= 11 is 0. The number of fused-ring (bicyclic) bond motifs is 1. The third kappa shape index (κ3) is 4.18. The van der Waals surface area contributed by atoms with Gasteiger partial charge in [-0.2, -0.15) is 0 Å². The zero-order valence-electron chi connectivity index (χ0n) is 16.0. The highest BCUT2D eigenvalue weighted by molar-refractivity contribution is 5.76. The molecule has 3 aliphatic rings. The summed E-state index contributed by atoms with van der Waals surface area (Å²) in [6.45, 7) is 5.48. The first kappa shape index (κ1) is 18.7. The fourth-order valence-electron chi connectivity index (χ4n) is 5.23.